The van der Waals surface area contributed by atoms with Gasteiger partial charge in [-0.2, -0.15) is 0 Å². The van der Waals surface area contributed by atoms with Crippen molar-refractivity contribution < 1.29 is 0 Å². The van der Waals surface area contributed by atoms with E-state index in [9.17, 15) is 0 Å². The van der Waals surface area contributed by atoms with Gasteiger partial charge in [0.25, 0.3) is 0 Å². The molecule has 0 spiro atoms. The maximum atomic E-state index is 2.53. The predicted octanol–water partition coefficient (Wildman–Crippen LogP) is 38.1. The zero-order chi connectivity index (χ0) is 91.9. The number of aromatic nitrogens is 3. The summed E-state index contributed by atoms with van der Waals surface area (Å²) in [5, 5.41) is 8.18. The quantitative estimate of drug-likeness (QED) is 0.144. The topological polar surface area (TPSA) is 14.8 Å². The van der Waals surface area contributed by atoms with Gasteiger partial charge in [0.05, 0.1) is 50.2 Å². The lowest BCUT2D eigenvalue weighted by Crippen LogP contribution is -2.10. The van der Waals surface area contributed by atoms with Gasteiger partial charge in [-0.1, -0.05) is 419 Å². The van der Waals surface area contributed by atoms with Gasteiger partial charge < -0.3 is 13.7 Å². The fourth-order valence-corrected chi connectivity index (χ4v) is 21.2. The molecule has 27 rings (SSSR count). The molecule has 0 bridgehead atoms. The maximum Gasteiger partial charge on any atom is 0.0576 e. The number of hydrogen-bond donors (Lipinski definition) is 0. The number of fused-ring (bicyclic) bond motifs is 37. The summed E-state index contributed by atoms with van der Waals surface area (Å²) in [4.78, 5) is 0. The summed E-state index contributed by atoms with van der Waals surface area (Å²) in [6, 6.07) is 103. The fraction of sp³-hybridized carbons (Fsp3) is 0.291. The average molecular weight is 1720 g/mol. The molecule has 3 aliphatic heterocycles. The zero-order valence-corrected chi connectivity index (χ0v) is 82.2. The standard InChI is InChI=1S/3C33H21N.13C2H6.2CH4/c1-2-8-24-19(6-1)16-29-25(24)13-12-20-14-22-18-31-23(17-28(22)32(20)29)15-21-7-5-10-27-26-9-3-4-11-30(26)34(31)33(21)27;1-2-8-25-19(6-1)14-20-12-13-21-15-23-18-30-24(17-28(23)32(21)31(20)25)16-22-7-5-10-27-26-9-3-4-11-29(26)34(30)33(22)27;1-2-8-22-19(6-1)16-29-23(22)13-12-20-17-27-25(32(20)29)14-15-31-28(27)18-21-7-5-10-26-24-9-3-4-11-30(24)34(31)33(21)26;13*1-2;;/h2*1-13,17-18H,14-16H2;1-15H,16-18H2;13*1-2H3;2*1H4. The minimum absolute atomic E-state index is 0. The van der Waals surface area contributed by atoms with Gasteiger partial charge in [-0.3, -0.25) is 0 Å². The Kier molecular flexibility index (Phi) is 34.8. The van der Waals surface area contributed by atoms with Crippen molar-refractivity contribution in [3.8, 4) is 83.8 Å². The van der Waals surface area contributed by atoms with E-state index >= 15 is 0 Å². The van der Waals surface area contributed by atoms with Crippen LogP contribution in [0, 0.1) is 0 Å². The van der Waals surface area contributed by atoms with Crippen molar-refractivity contribution in [1.82, 2.24) is 13.7 Å². The highest BCUT2D eigenvalue weighted by Gasteiger charge is 2.37. The molecule has 0 N–H and O–H groups in total. The third-order valence-corrected chi connectivity index (χ3v) is 25.3. The van der Waals surface area contributed by atoms with Crippen LogP contribution in [0.5, 0.6) is 0 Å². The molecule has 9 aliphatic rings. The molecule has 0 fully saturated rings. The summed E-state index contributed by atoms with van der Waals surface area (Å²) < 4.78 is 7.59. The first-order valence-electron chi connectivity index (χ1n) is 49.8. The van der Waals surface area contributed by atoms with Crippen LogP contribution in [0.4, 0.5) is 0 Å². The largest absolute Gasteiger partial charge is 0.309 e. The smallest absolute Gasteiger partial charge is 0.0576 e. The van der Waals surface area contributed by atoms with Crippen LogP contribution < -0.4 is 0 Å². The summed E-state index contributed by atoms with van der Waals surface area (Å²) in [6.45, 7) is 52.0. The normalized spacial score (nSPS) is 11.7. The van der Waals surface area contributed by atoms with E-state index in [1.165, 1.54) is 249 Å². The molecule has 6 aliphatic carbocycles. The highest BCUT2D eigenvalue weighted by atomic mass is 15.0. The average Bonchev–Trinajstić information content (AvgIpc) is 1.55. The molecular weight excluding hydrogens is 1570 g/mol. The molecule has 672 valence electrons. The zero-order valence-electron chi connectivity index (χ0n) is 82.2. The van der Waals surface area contributed by atoms with Crippen molar-refractivity contribution in [3.05, 3.63) is 373 Å². The minimum atomic E-state index is 0. The van der Waals surface area contributed by atoms with Gasteiger partial charge in [0.1, 0.15) is 0 Å². The second kappa shape index (κ2) is 45.3. The van der Waals surface area contributed by atoms with Gasteiger partial charge in [-0.15, -0.1) is 0 Å². The lowest BCUT2D eigenvalue weighted by Gasteiger charge is -2.23. The lowest BCUT2D eigenvalue weighted by molar-refractivity contribution is 1.02. The molecule has 0 saturated carbocycles. The molecule has 3 aromatic heterocycles. The Labute approximate surface area is 783 Å². The molecule has 0 atom stereocenters. The van der Waals surface area contributed by atoms with E-state index < -0.39 is 0 Å². The van der Waals surface area contributed by atoms with Gasteiger partial charge in [0, 0.05) is 51.6 Å². The Balaban J connectivity index is 0.000000179. The van der Waals surface area contributed by atoms with Gasteiger partial charge in [0.15, 0.2) is 0 Å². The van der Waals surface area contributed by atoms with E-state index in [1.54, 1.807) is 0 Å². The van der Waals surface area contributed by atoms with Crippen molar-refractivity contribution in [3.63, 3.8) is 0 Å². The summed E-state index contributed by atoms with van der Waals surface area (Å²) in [7, 11) is 0. The highest BCUT2D eigenvalue weighted by molar-refractivity contribution is 6.14. The van der Waals surface area contributed by atoms with E-state index in [0.29, 0.717) is 0 Å². The molecule has 0 radical (unpaired) electrons. The highest BCUT2D eigenvalue weighted by Crippen LogP contribution is 2.56. The molecular formula is C127H149N3. The first-order chi connectivity index (χ1) is 63.6. The number of rotatable bonds is 0. The Morgan fingerprint density at radius 1 is 0.154 bits per heavy atom. The number of hydrogen-bond acceptors (Lipinski definition) is 0. The Morgan fingerprint density at radius 2 is 0.423 bits per heavy atom. The summed E-state index contributed by atoms with van der Waals surface area (Å²) in [6.07, 6.45) is 9.28. The van der Waals surface area contributed by atoms with E-state index in [1.807, 2.05) is 180 Å². The second-order valence-corrected chi connectivity index (χ2v) is 30.3. The first-order valence-corrected chi connectivity index (χ1v) is 49.8. The van der Waals surface area contributed by atoms with Crippen molar-refractivity contribution in [2.45, 2.75) is 253 Å². The number of benzene rings is 15. The minimum Gasteiger partial charge on any atom is -0.309 e. The second-order valence-electron chi connectivity index (χ2n) is 30.3. The van der Waals surface area contributed by atoms with Crippen LogP contribution in [0.2, 0.25) is 0 Å². The van der Waals surface area contributed by atoms with Gasteiger partial charge in [-0.05, 0) is 254 Å². The maximum absolute atomic E-state index is 2.53. The van der Waals surface area contributed by atoms with Gasteiger partial charge in [-0.25, -0.2) is 0 Å². The van der Waals surface area contributed by atoms with Gasteiger partial charge >= 0.3 is 0 Å². The third-order valence-electron chi connectivity index (χ3n) is 25.3. The van der Waals surface area contributed by atoms with Crippen LogP contribution >= 0.6 is 0 Å². The lowest BCUT2D eigenvalue weighted by atomic mass is 9.90. The number of nitrogens with zero attached hydrogens (tertiary/aromatic N) is 3. The number of para-hydroxylation sites is 6. The Morgan fingerprint density at radius 3 is 0.846 bits per heavy atom. The van der Waals surface area contributed by atoms with Crippen molar-refractivity contribution in [1.29, 1.82) is 0 Å². The van der Waals surface area contributed by atoms with Gasteiger partial charge in [0.2, 0.25) is 0 Å². The predicted molar refractivity (Wildman–Crippen MR) is 581 cm³/mol. The summed E-state index contributed by atoms with van der Waals surface area (Å²) in [5.74, 6) is 0. The molecule has 0 saturated heterocycles. The molecule has 0 amide bonds. The monoisotopic (exact) mass is 1720 g/mol. The van der Waals surface area contributed by atoms with E-state index in [2.05, 4.69) is 287 Å². The third kappa shape index (κ3) is 16.5. The van der Waals surface area contributed by atoms with Crippen molar-refractivity contribution >= 4 is 65.4 Å². The van der Waals surface area contributed by atoms with Crippen LogP contribution in [0.1, 0.15) is 295 Å². The van der Waals surface area contributed by atoms with Crippen LogP contribution in [-0.4, -0.2) is 13.7 Å². The molecule has 6 heterocycles. The molecule has 3 nitrogen and oxygen atoms in total. The van der Waals surface area contributed by atoms with Crippen LogP contribution in [0.3, 0.4) is 0 Å². The molecule has 18 aromatic rings. The Bertz CT molecular complexity index is 6820. The van der Waals surface area contributed by atoms with Crippen LogP contribution in [0.15, 0.2) is 273 Å². The fourth-order valence-electron chi connectivity index (χ4n) is 21.2. The molecule has 0 unspecified atom stereocenters. The van der Waals surface area contributed by atoms with Crippen molar-refractivity contribution in [2.75, 3.05) is 0 Å². The SMILES string of the molecule is C.C.CC.CC.CC.CC.CC.CC.CC.CC.CC.CC.CC.CC.CC.c1ccc2c(c1)Cc1c-2ccc2c1-c1cc3c(cc1C2)-n1c2ccccc2c2cccc(c21)C3.c1ccc2c(c1)Cc1c-2ccc2c1-c1ccc3c(c1C2)Cc1cccc2c4ccccc4n-3c12.c1ccc2c(c1)Cc1ccc3c(c1-2)-c1cc2c(cc1C3)-n1c3ccccc3c3cccc(c31)C2. The van der Waals surface area contributed by atoms with E-state index in [0.717, 1.165) is 57.8 Å². The van der Waals surface area contributed by atoms with E-state index in [-0.39, 0.29) is 14.9 Å². The first kappa shape index (κ1) is 99.9. The molecule has 130 heavy (non-hydrogen) atoms. The molecule has 15 aromatic carbocycles. The van der Waals surface area contributed by atoms with Crippen LogP contribution in [-0.2, 0) is 57.8 Å². The summed E-state index contributed by atoms with van der Waals surface area (Å²) in [5.41, 5.74) is 56.3. The van der Waals surface area contributed by atoms with Crippen LogP contribution in [0.25, 0.3) is 149 Å². The Hall–Kier alpha value is -12.3. The van der Waals surface area contributed by atoms with E-state index in [4.69, 9.17) is 0 Å². The van der Waals surface area contributed by atoms with Crippen molar-refractivity contribution in [2.24, 2.45) is 0 Å². The summed E-state index contributed by atoms with van der Waals surface area (Å²) >= 11 is 0. The molecule has 3 heteroatoms.